The van der Waals surface area contributed by atoms with E-state index in [4.69, 9.17) is 4.52 Å². The third-order valence-electron chi connectivity index (χ3n) is 2.55. The Bertz CT molecular complexity index is 582. The number of rotatable bonds is 2. The van der Waals surface area contributed by atoms with E-state index in [9.17, 15) is 4.79 Å². The van der Waals surface area contributed by atoms with Crippen LogP contribution in [0.3, 0.4) is 0 Å². The Morgan fingerprint density at radius 1 is 1.22 bits per heavy atom. The van der Waals surface area contributed by atoms with Gasteiger partial charge in [-0.15, -0.1) is 0 Å². The summed E-state index contributed by atoms with van der Waals surface area (Å²) in [5.74, 6) is -0.0811. The summed E-state index contributed by atoms with van der Waals surface area (Å²) in [7, 11) is 0. The van der Waals surface area contributed by atoms with Crippen molar-refractivity contribution in [1.29, 1.82) is 0 Å². The van der Waals surface area contributed by atoms with Crippen LogP contribution in [0.25, 0.3) is 0 Å². The summed E-state index contributed by atoms with van der Waals surface area (Å²) in [5.41, 5.74) is 3.56. The first kappa shape index (κ1) is 12.8. The van der Waals surface area contributed by atoms with Gasteiger partial charge in [-0.3, -0.25) is 4.79 Å². The first-order chi connectivity index (χ1) is 8.47. The smallest absolute Gasteiger partial charge is 0.294 e. The SMILES string of the molecule is Cc1cc(C(=O)Nc2cc(C)c(Br)c(C)c2)on1. The molecule has 0 unspecified atom stereocenters. The van der Waals surface area contributed by atoms with Crippen molar-refractivity contribution in [3.8, 4) is 0 Å². The third kappa shape index (κ3) is 2.61. The summed E-state index contributed by atoms with van der Waals surface area (Å²) in [6, 6.07) is 5.41. The van der Waals surface area contributed by atoms with Crippen LogP contribution in [0.15, 0.2) is 27.2 Å². The van der Waals surface area contributed by atoms with E-state index in [-0.39, 0.29) is 11.7 Å². The summed E-state index contributed by atoms with van der Waals surface area (Å²) in [4.78, 5) is 11.9. The molecule has 0 radical (unpaired) electrons. The van der Waals surface area contributed by atoms with Crippen LogP contribution in [0, 0.1) is 20.8 Å². The van der Waals surface area contributed by atoms with E-state index in [2.05, 4.69) is 26.4 Å². The van der Waals surface area contributed by atoms with Gasteiger partial charge >= 0.3 is 0 Å². The van der Waals surface area contributed by atoms with Crippen LogP contribution in [-0.2, 0) is 0 Å². The average Bonchev–Trinajstić information content (AvgIpc) is 2.72. The summed E-state index contributed by atoms with van der Waals surface area (Å²) in [6.45, 7) is 5.73. The van der Waals surface area contributed by atoms with E-state index in [1.165, 1.54) is 0 Å². The second kappa shape index (κ2) is 4.94. The molecule has 0 atom stereocenters. The summed E-state index contributed by atoms with van der Waals surface area (Å²) >= 11 is 3.49. The van der Waals surface area contributed by atoms with Gasteiger partial charge in [-0.2, -0.15) is 0 Å². The van der Waals surface area contributed by atoms with E-state index in [1.54, 1.807) is 13.0 Å². The minimum Gasteiger partial charge on any atom is -0.351 e. The zero-order chi connectivity index (χ0) is 13.3. The molecule has 2 aromatic rings. The normalized spacial score (nSPS) is 10.4. The van der Waals surface area contributed by atoms with Crippen LogP contribution < -0.4 is 5.32 Å². The van der Waals surface area contributed by atoms with Gasteiger partial charge in [0.05, 0.1) is 5.69 Å². The van der Waals surface area contributed by atoms with Gasteiger partial charge in [-0.1, -0.05) is 21.1 Å². The number of hydrogen-bond acceptors (Lipinski definition) is 3. The Balaban J connectivity index is 2.22. The third-order valence-corrected chi connectivity index (χ3v) is 3.80. The molecule has 1 N–H and O–H groups in total. The van der Waals surface area contributed by atoms with E-state index in [0.29, 0.717) is 5.69 Å². The van der Waals surface area contributed by atoms with Crippen molar-refractivity contribution in [2.75, 3.05) is 5.32 Å². The Labute approximate surface area is 113 Å². The van der Waals surface area contributed by atoms with Crippen molar-refractivity contribution in [1.82, 2.24) is 5.16 Å². The number of halogens is 1. The number of aromatic nitrogens is 1. The van der Waals surface area contributed by atoms with Gasteiger partial charge in [-0.25, -0.2) is 0 Å². The van der Waals surface area contributed by atoms with Crippen molar-refractivity contribution >= 4 is 27.5 Å². The number of nitrogens with zero attached hydrogens (tertiary/aromatic N) is 1. The Hall–Kier alpha value is -1.62. The molecule has 0 aliphatic heterocycles. The van der Waals surface area contributed by atoms with Gasteiger partial charge in [-0.05, 0) is 44.0 Å². The number of benzene rings is 1. The number of amides is 1. The predicted molar refractivity (Wildman–Crippen MR) is 72.8 cm³/mol. The maximum absolute atomic E-state index is 11.9. The molecular weight excluding hydrogens is 296 g/mol. The topological polar surface area (TPSA) is 55.1 Å². The van der Waals surface area contributed by atoms with E-state index >= 15 is 0 Å². The average molecular weight is 309 g/mol. The molecule has 0 bridgehead atoms. The predicted octanol–water partition coefficient (Wildman–Crippen LogP) is 3.61. The van der Waals surface area contributed by atoms with Crippen molar-refractivity contribution in [3.63, 3.8) is 0 Å². The Morgan fingerprint density at radius 3 is 2.33 bits per heavy atom. The fraction of sp³-hybridized carbons (Fsp3) is 0.231. The molecule has 2 rings (SSSR count). The van der Waals surface area contributed by atoms with Crippen molar-refractivity contribution in [2.45, 2.75) is 20.8 Å². The van der Waals surface area contributed by atoms with Crippen LogP contribution in [0.1, 0.15) is 27.4 Å². The fourth-order valence-electron chi connectivity index (χ4n) is 1.68. The highest BCUT2D eigenvalue weighted by molar-refractivity contribution is 9.10. The van der Waals surface area contributed by atoms with Crippen molar-refractivity contribution < 1.29 is 9.32 Å². The molecule has 1 aromatic carbocycles. The number of hydrogen-bond donors (Lipinski definition) is 1. The molecule has 0 aliphatic carbocycles. The molecule has 94 valence electrons. The van der Waals surface area contributed by atoms with E-state index in [0.717, 1.165) is 21.3 Å². The van der Waals surface area contributed by atoms with Crippen LogP contribution in [0.2, 0.25) is 0 Å². The Kier molecular flexibility index (Phi) is 3.52. The number of aryl methyl sites for hydroxylation is 3. The van der Waals surface area contributed by atoms with E-state index < -0.39 is 0 Å². The maximum Gasteiger partial charge on any atom is 0.294 e. The summed E-state index contributed by atoms with van der Waals surface area (Å²) < 4.78 is 5.96. The van der Waals surface area contributed by atoms with Gasteiger partial charge in [0, 0.05) is 16.2 Å². The minimum atomic E-state index is -0.295. The highest BCUT2D eigenvalue weighted by atomic mass is 79.9. The maximum atomic E-state index is 11.9. The number of carbonyl (C=O) groups is 1. The van der Waals surface area contributed by atoms with Crippen molar-refractivity contribution in [3.05, 3.63) is 45.3 Å². The van der Waals surface area contributed by atoms with Crippen LogP contribution >= 0.6 is 15.9 Å². The highest BCUT2D eigenvalue weighted by Crippen LogP contribution is 2.25. The molecular formula is C13H13BrN2O2. The van der Waals surface area contributed by atoms with E-state index in [1.807, 2.05) is 26.0 Å². The fourth-order valence-corrected chi connectivity index (χ4v) is 1.91. The summed E-state index contributed by atoms with van der Waals surface area (Å²) in [6.07, 6.45) is 0. The van der Waals surface area contributed by atoms with Gasteiger partial charge in [0.15, 0.2) is 0 Å². The molecule has 1 heterocycles. The molecule has 18 heavy (non-hydrogen) atoms. The second-order valence-corrected chi connectivity index (χ2v) is 5.00. The molecule has 0 fully saturated rings. The Morgan fingerprint density at radius 2 is 1.83 bits per heavy atom. The molecule has 0 aliphatic rings. The standard InChI is InChI=1S/C13H13BrN2O2/c1-7-4-10(5-8(2)12(7)14)15-13(17)11-6-9(3)16-18-11/h4-6H,1-3H3,(H,15,17). The molecule has 1 aromatic heterocycles. The molecule has 1 amide bonds. The van der Waals surface area contributed by atoms with Crippen LogP contribution in [0.4, 0.5) is 5.69 Å². The number of anilines is 1. The lowest BCUT2D eigenvalue weighted by Crippen LogP contribution is -2.11. The van der Waals surface area contributed by atoms with Gasteiger partial charge in [0.2, 0.25) is 5.76 Å². The quantitative estimate of drug-likeness (QED) is 0.922. The van der Waals surface area contributed by atoms with Gasteiger partial charge in [0.25, 0.3) is 5.91 Å². The number of nitrogens with one attached hydrogen (secondary N) is 1. The minimum absolute atomic E-state index is 0.214. The monoisotopic (exact) mass is 308 g/mol. The van der Waals surface area contributed by atoms with Gasteiger partial charge in [0.1, 0.15) is 0 Å². The highest BCUT2D eigenvalue weighted by Gasteiger charge is 2.12. The molecule has 0 saturated heterocycles. The molecule has 0 saturated carbocycles. The molecule has 0 spiro atoms. The lowest BCUT2D eigenvalue weighted by molar-refractivity contribution is 0.0988. The number of carbonyl (C=O) groups excluding carboxylic acids is 1. The van der Waals surface area contributed by atoms with Crippen molar-refractivity contribution in [2.24, 2.45) is 0 Å². The lowest BCUT2D eigenvalue weighted by Gasteiger charge is -2.08. The van der Waals surface area contributed by atoms with Crippen LogP contribution in [-0.4, -0.2) is 11.1 Å². The molecule has 4 nitrogen and oxygen atoms in total. The zero-order valence-electron chi connectivity index (χ0n) is 10.4. The first-order valence-corrected chi connectivity index (χ1v) is 6.28. The second-order valence-electron chi connectivity index (χ2n) is 4.21. The van der Waals surface area contributed by atoms with Crippen LogP contribution in [0.5, 0.6) is 0 Å². The zero-order valence-corrected chi connectivity index (χ0v) is 12.0. The van der Waals surface area contributed by atoms with Gasteiger partial charge < -0.3 is 9.84 Å². The largest absolute Gasteiger partial charge is 0.351 e. The first-order valence-electron chi connectivity index (χ1n) is 5.49. The molecule has 5 heteroatoms. The lowest BCUT2D eigenvalue weighted by atomic mass is 10.1. The summed E-state index contributed by atoms with van der Waals surface area (Å²) in [5, 5.41) is 6.47.